The number of carbonyl (C=O) groups is 2. The smallest absolute Gasteiger partial charge is 0.253 e. The third-order valence-corrected chi connectivity index (χ3v) is 5.77. The highest BCUT2D eigenvalue weighted by molar-refractivity contribution is 5.95. The van der Waals surface area contributed by atoms with Crippen LogP contribution in [-0.4, -0.2) is 61.5 Å². The van der Waals surface area contributed by atoms with Gasteiger partial charge in [0.25, 0.3) is 5.91 Å². The summed E-state index contributed by atoms with van der Waals surface area (Å²) in [6.07, 6.45) is 4.80. The number of nitrogens with zero attached hydrogens (tertiary/aromatic N) is 2. The Labute approximate surface area is 156 Å². The molecule has 2 aliphatic heterocycles. The molecule has 3 rings (SSSR count). The first-order chi connectivity index (χ1) is 12.6. The van der Waals surface area contributed by atoms with Crippen LogP contribution in [0.3, 0.4) is 0 Å². The van der Waals surface area contributed by atoms with Crippen LogP contribution in [0.2, 0.25) is 0 Å². The Morgan fingerprint density at radius 2 is 1.96 bits per heavy atom. The Bertz CT molecular complexity index is 643. The normalized spacial score (nSPS) is 23.1. The van der Waals surface area contributed by atoms with Crippen molar-refractivity contribution in [2.45, 2.75) is 39.0 Å². The highest BCUT2D eigenvalue weighted by Crippen LogP contribution is 2.40. The monoisotopic (exact) mass is 358 g/mol. The highest BCUT2D eigenvalue weighted by Gasteiger charge is 2.49. The van der Waals surface area contributed by atoms with Crippen molar-refractivity contribution in [2.24, 2.45) is 5.41 Å². The first kappa shape index (κ1) is 18.9. The molecule has 142 valence electrons. The lowest BCUT2D eigenvalue weighted by molar-refractivity contribution is -0.146. The average Bonchev–Trinajstić information content (AvgIpc) is 3.08. The summed E-state index contributed by atoms with van der Waals surface area (Å²) in [6.45, 7) is 5.37. The Kier molecular flexibility index (Phi) is 5.97. The van der Waals surface area contributed by atoms with Gasteiger partial charge in [0, 0.05) is 38.9 Å². The number of likely N-dealkylation sites (tertiary alicyclic amines) is 2. The summed E-state index contributed by atoms with van der Waals surface area (Å²) in [5, 5.41) is 0. The van der Waals surface area contributed by atoms with Crippen molar-refractivity contribution < 1.29 is 14.3 Å². The summed E-state index contributed by atoms with van der Waals surface area (Å²) < 4.78 is 5.13. The van der Waals surface area contributed by atoms with Gasteiger partial charge in [0.1, 0.15) is 0 Å². The molecule has 0 bridgehead atoms. The molecule has 2 heterocycles. The average molecular weight is 358 g/mol. The molecule has 1 spiro atoms. The molecule has 1 aromatic rings. The summed E-state index contributed by atoms with van der Waals surface area (Å²) >= 11 is 0. The lowest BCUT2D eigenvalue weighted by Gasteiger charge is -2.39. The Morgan fingerprint density at radius 1 is 1.19 bits per heavy atom. The number of hydrogen-bond acceptors (Lipinski definition) is 3. The topological polar surface area (TPSA) is 49.9 Å². The first-order valence-electron chi connectivity index (χ1n) is 9.76. The Hall–Kier alpha value is -1.88. The van der Waals surface area contributed by atoms with Crippen LogP contribution in [0.25, 0.3) is 0 Å². The summed E-state index contributed by atoms with van der Waals surface area (Å²) in [5.41, 5.74) is 1.60. The first-order valence-corrected chi connectivity index (χ1v) is 9.76. The fourth-order valence-corrected chi connectivity index (χ4v) is 4.28. The number of rotatable bonds is 6. The number of carbonyl (C=O) groups excluding carboxylic acids is 2. The molecule has 26 heavy (non-hydrogen) atoms. The van der Waals surface area contributed by atoms with Crippen LogP contribution in [0, 0.1) is 5.41 Å². The summed E-state index contributed by atoms with van der Waals surface area (Å²) in [5.74, 6) is 0.251. The number of piperidine rings is 1. The molecule has 0 radical (unpaired) electrons. The van der Waals surface area contributed by atoms with Crippen LogP contribution in [0.5, 0.6) is 0 Å². The molecule has 1 aromatic carbocycles. The number of aryl methyl sites for hydroxylation is 1. The lowest BCUT2D eigenvalue weighted by atomic mass is 9.78. The second kappa shape index (κ2) is 8.21. The van der Waals surface area contributed by atoms with Crippen molar-refractivity contribution >= 4 is 11.8 Å². The standard InChI is InChI=1S/C21H30N2O3/c1-3-5-17-6-8-18(9-7-17)19(24)23-13-11-21(16-23)10-4-12-22(20(21)25)14-15-26-2/h6-9H,3-5,10-16H2,1-2H3. The second-order valence-corrected chi connectivity index (χ2v) is 7.59. The van der Waals surface area contributed by atoms with Gasteiger partial charge in [-0.15, -0.1) is 0 Å². The minimum absolute atomic E-state index is 0.0479. The van der Waals surface area contributed by atoms with Gasteiger partial charge in [-0.25, -0.2) is 0 Å². The van der Waals surface area contributed by atoms with Gasteiger partial charge < -0.3 is 14.5 Å². The number of hydrogen-bond donors (Lipinski definition) is 0. The van der Waals surface area contributed by atoms with E-state index in [1.807, 2.05) is 34.1 Å². The van der Waals surface area contributed by atoms with Gasteiger partial charge in [0.05, 0.1) is 12.0 Å². The molecule has 2 saturated heterocycles. The lowest BCUT2D eigenvalue weighted by Crippen LogP contribution is -2.51. The van der Waals surface area contributed by atoms with Gasteiger partial charge in [0.15, 0.2) is 0 Å². The molecule has 2 aliphatic rings. The van der Waals surface area contributed by atoms with E-state index in [0.29, 0.717) is 26.2 Å². The van der Waals surface area contributed by atoms with E-state index in [9.17, 15) is 9.59 Å². The van der Waals surface area contributed by atoms with Crippen molar-refractivity contribution in [2.75, 3.05) is 39.9 Å². The molecule has 0 aliphatic carbocycles. The Balaban J connectivity index is 1.67. The van der Waals surface area contributed by atoms with Gasteiger partial charge >= 0.3 is 0 Å². The molecule has 0 aromatic heterocycles. The zero-order chi connectivity index (χ0) is 18.6. The maximum absolute atomic E-state index is 13.0. The molecule has 1 unspecified atom stereocenters. The summed E-state index contributed by atoms with van der Waals surface area (Å²) in [7, 11) is 1.66. The molecule has 1 atom stereocenters. The van der Waals surface area contributed by atoms with Crippen LogP contribution in [0.1, 0.15) is 48.5 Å². The van der Waals surface area contributed by atoms with Gasteiger partial charge in [-0.3, -0.25) is 9.59 Å². The number of benzene rings is 1. The van der Waals surface area contributed by atoms with Gasteiger partial charge in [-0.2, -0.15) is 0 Å². The maximum atomic E-state index is 13.0. The second-order valence-electron chi connectivity index (χ2n) is 7.59. The predicted octanol–water partition coefficient (Wildman–Crippen LogP) is 2.74. The van der Waals surface area contributed by atoms with Gasteiger partial charge in [-0.1, -0.05) is 25.5 Å². The van der Waals surface area contributed by atoms with E-state index in [1.54, 1.807) is 7.11 Å². The van der Waals surface area contributed by atoms with E-state index in [-0.39, 0.29) is 17.2 Å². The third-order valence-electron chi connectivity index (χ3n) is 5.77. The highest BCUT2D eigenvalue weighted by atomic mass is 16.5. The fraction of sp³-hybridized carbons (Fsp3) is 0.619. The van der Waals surface area contributed by atoms with Crippen molar-refractivity contribution in [3.8, 4) is 0 Å². The van der Waals surface area contributed by atoms with Crippen LogP contribution in [0.4, 0.5) is 0 Å². The van der Waals surface area contributed by atoms with Crippen LogP contribution in [0.15, 0.2) is 24.3 Å². The van der Waals surface area contributed by atoms with E-state index in [1.165, 1.54) is 5.56 Å². The molecule has 5 nitrogen and oxygen atoms in total. The SMILES string of the molecule is CCCc1ccc(C(=O)N2CCC3(CCCN(CCOC)C3=O)C2)cc1. The molecule has 0 N–H and O–H groups in total. The van der Waals surface area contributed by atoms with Crippen LogP contribution in [-0.2, 0) is 16.0 Å². The molecule has 0 saturated carbocycles. The van der Waals surface area contributed by atoms with Gasteiger partial charge in [0.2, 0.25) is 5.91 Å². The fourth-order valence-electron chi connectivity index (χ4n) is 4.28. The third kappa shape index (κ3) is 3.78. The van der Waals surface area contributed by atoms with Crippen molar-refractivity contribution in [3.05, 3.63) is 35.4 Å². The van der Waals surface area contributed by atoms with E-state index in [2.05, 4.69) is 6.92 Å². The number of amides is 2. The number of ether oxygens (including phenoxy) is 1. The Morgan fingerprint density at radius 3 is 2.65 bits per heavy atom. The zero-order valence-electron chi connectivity index (χ0n) is 16.0. The maximum Gasteiger partial charge on any atom is 0.253 e. The minimum atomic E-state index is -0.385. The quantitative estimate of drug-likeness (QED) is 0.786. The molecule has 5 heteroatoms. The largest absolute Gasteiger partial charge is 0.383 e. The van der Waals surface area contributed by atoms with Crippen LogP contribution >= 0.6 is 0 Å². The van der Waals surface area contributed by atoms with E-state index in [0.717, 1.165) is 44.2 Å². The predicted molar refractivity (Wildman–Crippen MR) is 101 cm³/mol. The van der Waals surface area contributed by atoms with Gasteiger partial charge in [-0.05, 0) is 43.4 Å². The summed E-state index contributed by atoms with van der Waals surface area (Å²) in [4.78, 5) is 29.7. The zero-order valence-corrected chi connectivity index (χ0v) is 16.0. The molecular formula is C21H30N2O3. The van der Waals surface area contributed by atoms with E-state index in [4.69, 9.17) is 4.74 Å². The number of methoxy groups -OCH3 is 1. The van der Waals surface area contributed by atoms with E-state index >= 15 is 0 Å². The minimum Gasteiger partial charge on any atom is -0.383 e. The molecular weight excluding hydrogens is 328 g/mol. The molecule has 2 amide bonds. The van der Waals surface area contributed by atoms with Crippen molar-refractivity contribution in [3.63, 3.8) is 0 Å². The van der Waals surface area contributed by atoms with Crippen molar-refractivity contribution in [1.82, 2.24) is 9.80 Å². The van der Waals surface area contributed by atoms with E-state index < -0.39 is 0 Å². The van der Waals surface area contributed by atoms with Crippen molar-refractivity contribution in [1.29, 1.82) is 0 Å². The summed E-state index contributed by atoms with van der Waals surface area (Å²) in [6, 6.07) is 7.93. The van der Waals surface area contributed by atoms with Crippen LogP contribution < -0.4 is 0 Å². The molecule has 2 fully saturated rings.